The predicted octanol–water partition coefficient (Wildman–Crippen LogP) is 4.91. The second kappa shape index (κ2) is 5.34. The van der Waals surface area contributed by atoms with E-state index in [9.17, 15) is 4.79 Å². The maximum Gasteiger partial charge on any atom is 0.260 e. The van der Waals surface area contributed by atoms with Crippen LogP contribution >= 0.6 is 39.1 Å². The Hall–Kier alpha value is -0.970. The molecular formula is C12H8BrCl2NO2. The molecule has 1 amide bonds. The molecule has 1 aromatic carbocycles. The van der Waals surface area contributed by atoms with Crippen LogP contribution < -0.4 is 5.32 Å². The van der Waals surface area contributed by atoms with Gasteiger partial charge >= 0.3 is 0 Å². The summed E-state index contributed by atoms with van der Waals surface area (Å²) in [6.07, 6.45) is 1.35. The topological polar surface area (TPSA) is 42.2 Å². The smallest absolute Gasteiger partial charge is 0.260 e. The fourth-order valence-corrected chi connectivity index (χ4v) is 2.72. The number of nitrogens with one attached hydrogen (secondary N) is 1. The molecule has 94 valence electrons. The van der Waals surface area contributed by atoms with Crippen LogP contribution in [0.2, 0.25) is 10.2 Å². The summed E-state index contributed by atoms with van der Waals surface area (Å²) < 4.78 is 5.72. The highest BCUT2D eigenvalue weighted by Crippen LogP contribution is 2.30. The van der Waals surface area contributed by atoms with Crippen LogP contribution in [-0.4, -0.2) is 5.91 Å². The van der Waals surface area contributed by atoms with Crippen molar-refractivity contribution < 1.29 is 9.21 Å². The van der Waals surface area contributed by atoms with Gasteiger partial charge in [0.1, 0.15) is 0 Å². The van der Waals surface area contributed by atoms with Gasteiger partial charge in [-0.05, 0) is 42.3 Å². The Morgan fingerprint density at radius 3 is 2.67 bits per heavy atom. The summed E-state index contributed by atoms with van der Waals surface area (Å²) in [6, 6.07) is 5.07. The molecular weight excluding hydrogens is 341 g/mol. The summed E-state index contributed by atoms with van der Waals surface area (Å²) in [5.41, 5.74) is 1.68. The van der Waals surface area contributed by atoms with Gasteiger partial charge in [0, 0.05) is 4.47 Å². The molecule has 0 unspecified atom stereocenters. The zero-order valence-corrected chi connectivity index (χ0v) is 12.4. The molecule has 6 heteroatoms. The van der Waals surface area contributed by atoms with E-state index in [4.69, 9.17) is 27.6 Å². The number of anilines is 1. The van der Waals surface area contributed by atoms with Gasteiger partial charge in [0.15, 0.2) is 0 Å². The van der Waals surface area contributed by atoms with Gasteiger partial charge < -0.3 is 9.73 Å². The van der Waals surface area contributed by atoms with E-state index in [2.05, 4.69) is 21.2 Å². The molecule has 2 aromatic rings. The Morgan fingerprint density at radius 2 is 2.11 bits per heavy atom. The van der Waals surface area contributed by atoms with Crippen molar-refractivity contribution in [3.63, 3.8) is 0 Å². The number of halogens is 3. The fourth-order valence-electron chi connectivity index (χ4n) is 1.50. The van der Waals surface area contributed by atoms with Crippen LogP contribution in [0.4, 0.5) is 5.69 Å². The molecule has 2 rings (SSSR count). The molecule has 1 aromatic heterocycles. The summed E-state index contributed by atoms with van der Waals surface area (Å²) in [5, 5.41) is 3.22. The summed E-state index contributed by atoms with van der Waals surface area (Å²) in [5.74, 6) is -0.360. The fraction of sp³-hybridized carbons (Fsp3) is 0.0833. The molecule has 0 bridgehead atoms. The first-order valence-corrected chi connectivity index (χ1v) is 6.54. The lowest BCUT2D eigenvalue weighted by Gasteiger charge is -2.10. The minimum Gasteiger partial charge on any atom is -0.452 e. The Morgan fingerprint density at radius 1 is 1.39 bits per heavy atom. The molecule has 1 N–H and O–H groups in total. The van der Waals surface area contributed by atoms with Gasteiger partial charge in [-0.1, -0.05) is 27.5 Å². The monoisotopic (exact) mass is 347 g/mol. The van der Waals surface area contributed by atoms with E-state index in [0.29, 0.717) is 10.7 Å². The highest BCUT2D eigenvalue weighted by atomic mass is 79.9. The Kier molecular flexibility index (Phi) is 4.00. The Bertz CT molecular complexity index is 587. The maximum absolute atomic E-state index is 12.0. The van der Waals surface area contributed by atoms with Crippen molar-refractivity contribution in [3.8, 4) is 0 Å². The van der Waals surface area contributed by atoms with E-state index < -0.39 is 0 Å². The summed E-state index contributed by atoms with van der Waals surface area (Å²) in [6.45, 7) is 1.85. The number of benzene rings is 1. The van der Waals surface area contributed by atoms with Crippen LogP contribution in [0.5, 0.6) is 0 Å². The van der Waals surface area contributed by atoms with Crippen LogP contribution in [0.25, 0.3) is 0 Å². The quantitative estimate of drug-likeness (QED) is 0.837. The van der Waals surface area contributed by atoms with E-state index in [1.807, 2.05) is 13.0 Å². The van der Waals surface area contributed by atoms with Gasteiger partial charge in [-0.3, -0.25) is 4.79 Å². The summed E-state index contributed by atoms with van der Waals surface area (Å²) >= 11 is 15.1. The van der Waals surface area contributed by atoms with Crippen molar-refractivity contribution in [1.82, 2.24) is 0 Å². The molecule has 0 aliphatic carbocycles. The number of amides is 1. The zero-order valence-electron chi connectivity index (χ0n) is 9.26. The highest BCUT2D eigenvalue weighted by Gasteiger charge is 2.15. The molecule has 0 saturated heterocycles. The number of aryl methyl sites for hydroxylation is 1. The molecule has 0 aliphatic rings. The van der Waals surface area contributed by atoms with E-state index in [1.165, 1.54) is 12.3 Å². The third-order valence-electron chi connectivity index (χ3n) is 2.35. The average Bonchev–Trinajstić information content (AvgIpc) is 2.69. The molecule has 0 radical (unpaired) electrons. The number of carbonyl (C=O) groups excluding carboxylic acids is 1. The van der Waals surface area contributed by atoms with Crippen molar-refractivity contribution in [2.45, 2.75) is 6.92 Å². The number of furan rings is 1. The molecule has 0 atom stereocenters. The van der Waals surface area contributed by atoms with Gasteiger partial charge in [0.05, 0.1) is 22.5 Å². The SMILES string of the molecule is Cc1cc(Br)cc(Cl)c1NC(=O)c1ccoc1Cl. The van der Waals surface area contributed by atoms with E-state index in [0.717, 1.165) is 10.0 Å². The van der Waals surface area contributed by atoms with E-state index in [-0.39, 0.29) is 16.7 Å². The van der Waals surface area contributed by atoms with Gasteiger partial charge in [-0.15, -0.1) is 0 Å². The lowest BCUT2D eigenvalue weighted by Crippen LogP contribution is -2.12. The van der Waals surface area contributed by atoms with Crippen LogP contribution in [0.15, 0.2) is 33.4 Å². The van der Waals surface area contributed by atoms with E-state index in [1.54, 1.807) is 6.07 Å². The third kappa shape index (κ3) is 2.71. The van der Waals surface area contributed by atoms with Gasteiger partial charge in [0.25, 0.3) is 5.91 Å². The normalized spacial score (nSPS) is 10.4. The Balaban J connectivity index is 2.31. The molecule has 0 fully saturated rings. The predicted molar refractivity (Wildman–Crippen MR) is 75.6 cm³/mol. The average molecular weight is 349 g/mol. The first-order valence-electron chi connectivity index (χ1n) is 4.99. The molecule has 18 heavy (non-hydrogen) atoms. The summed E-state index contributed by atoms with van der Waals surface area (Å²) in [7, 11) is 0. The molecule has 0 spiro atoms. The number of rotatable bonds is 2. The standard InChI is InChI=1S/C12H8BrCl2NO2/c1-6-4-7(13)5-9(14)10(6)16-12(17)8-2-3-18-11(8)15/h2-5H,1H3,(H,16,17). The maximum atomic E-state index is 12.0. The van der Waals surface area contributed by atoms with Crippen LogP contribution in [0.1, 0.15) is 15.9 Å². The van der Waals surface area contributed by atoms with E-state index >= 15 is 0 Å². The van der Waals surface area contributed by atoms with Crippen LogP contribution in [0, 0.1) is 6.92 Å². The first-order chi connectivity index (χ1) is 8.49. The minimum atomic E-state index is -0.360. The second-order valence-electron chi connectivity index (χ2n) is 3.64. The molecule has 0 aliphatic heterocycles. The van der Waals surface area contributed by atoms with Crippen molar-refractivity contribution in [2.24, 2.45) is 0 Å². The van der Waals surface area contributed by atoms with Gasteiger partial charge in [-0.25, -0.2) is 0 Å². The molecule has 1 heterocycles. The minimum absolute atomic E-state index is 0.0541. The van der Waals surface area contributed by atoms with Crippen LogP contribution in [-0.2, 0) is 0 Å². The Labute approximate surface area is 122 Å². The lowest BCUT2D eigenvalue weighted by molar-refractivity contribution is 0.102. The van der Waals surface area contributed by atoms with Gasteiger partial charge in [0.2, 0.25) is 5.22 Å². The van der Waals surface area contributed by atoms with Gasteiger partial charge in [-0.2, -0.15) is 0 Å². The molecule has 0 saturated carbocycles. The first kappa shape index (κ1) is 13.5. The van der Waals surface area contributed by atoms with Crippen molar-refractivity contribution in [3.05, 3.63) is 50.3 Å². The van der Waals surface area contributed by atoms with Crippen molar-refractivity contribution >= 4 is 50.7 Å². The largest absolute Gasteiger partial charge is 0.452 e. The number of hydrogen-bond donors (Lipinski definition) is 1. The summed E-state index contributed by atoms with van der Waals surface area (Å²) in [4.78, 5) is 12.0. The second-order valence-corrected chi connectivity index (χ2v) is 5.31. The number of hydrogen-bond acceptors (Lipinski definition) is 2. The van der Waals surface area contributed by atoms with Crippen molar-refractivity contribution in [1.29, 1.82) is 0 Å². The molecule has 3 nitrogen and oxygen atoms in total. The highest BCUT2D eigenvalue weighted by molar-refractivity contribution is 9.10. The lowest BCUT2D eigenvalue weighted by atomic mass is 10.2. The third-order valence-corrected chi connectivity index (χ3v) is 3.40. The van der Waals surface area contributed by atoms with Crippen molar-refractivity contribution in [2.75, 3.05) is 5.32 Å². The number of carbonyl (C=O) groups is 1. The van der Waals surface area contributed by atoms with Crippen LogP contribution in [0.3, 0.4) is 0 Å². The zero-order chi connectivity index (χ0) is 13.3.